The zero-order chi connectivity index (χ0) is 15.1. The van der Waals surface area contributed by atoms with Gasteiger partial charge in [-0.2, -0.15) is 0 Å². The third-order valence-corrected chi connectivity index (χ3v) is 4.09. The maximum atomic E-state index is 6.14. The van der Waals surface area contributed by atoms with Gasteiger partial charge in [-0.25, -0.2) is 0 Å². The fourth-order valence-corrected chi connectivity index (χ4v) is 3.05. The molecular weight excluding hydrogens is 256 g/mol. The van der Waals surface area contributed by atoms with Crippen molar-refractivity contribution >= 4 is 0 Å². The Morgan fingerprint density at radius 2 is 1.38 bits per heavy atom. The molecule has 2 aromatic carbocycles. The van der Waals surface area contributed by atoms with Crippen molar-refractivity contribution in [3.8, 4) is 0 Å². The lowest BCUT2D eigenvalue weighted by molar-refractivity contribution is 0.228. The van der Waals surface area contributed by atoms with Crippen molar-refractivity contribution in [1.29, 1.82) is 0 Å². The van der Waals surface area contributed by atoms with E-state index in [0.29, 0.717) is 18.5 Å². The molecule has 0 aliphatic carbocycles. The Morgan fingerprint density at radius 1 is 0.905 bits per heavy atom. The standard InChI is InChI=1S/C19H26N2/c1-3-14-21(2)18(15-20)19(16-10-6-4-7-11-16)17-12-8-5-9-13-17/h4-13,18-19H,3,14-15,20H2,1-2H3. The van der Waals surface area contributed by atoms with E-state index in [0.717, 1.165) is 13.0 Å². The molecule has 2 nitrogen and oxygen atoms in total. The Labute approximate surface area is 128 Å². The van der Waals surface area contributed by atoms with Gasteiger partial charge in [-0.1, -0.05) is 67.6 Å². The first-order chi connectivity index (χ1) is 10.3. The van der Waals surface area contributed by atoms with Crippen molar-refractivity contribution in [2.24, 2.45) is 5.73 Å². The molecule has 1 unspecified atom stereocenters. The molecule has 2 heteroatoms. The molecule has 0 amide bonds. The van der Waals surface area contributed by atoms with Crippen LogP contribution in [0.1, 0.15) is 30.4 Å². The van der Waals surface area contributed by atoms with Gasteiger partial charge in [0.25, 0.3) is 0 Å². The van der Waals surface area contributed by atoms with E-state index in [2.05, 4.69) is 79.5 Å². The number of hydrogen-bond acceptors (Lipinski definition) is 2. The molecule has 21 heavy (non-hydrogen) atoms. The van der Waals surface area contributed by atoms with Gasteiger partial charge in [0.05, 0.1) is 0 Å². The number of hydrogen-bond donors (Lipinski definition) is 1. The second-order valence-electron chi connectivity index (χ2n) is 5.58. The van der Waals surface area contributed by atoms with Gasteiger partial charge in [0.2, 0.25) is 0 Å². The van der Waals surface area contributed by atoms with Crippen LogP contribution in [-0.2, 0) is 0 Å². The van der Waals surface area contributed by atoms with E-state index in [1.807, 2.05) is 0 Å². The lowest BCUT2D eigenvalue weighted by atomic mass is 9.84. The molecule has 0 radical (unpaired) electrons. The summed E-state index contributed by atoms with van der Waals surface area (Å²) in [4.78, 5) is 2.39. The highest BCUT2D eigenvalue weighted by Crippen LogP contribution is 2.30. The van der Waals surface area contributed by atoms with Crippen LogP contribution in [-0.4, -0.2) is 31.1 Å². The van der Waals surface area contributed by atoms with Crippen LogP contribution in [0.5, 0.6) is 0 Å². The van der Waals surface area contributed by atoms with E-state index in [1.54, 1.807) is 0 Å². The van der Waals surface area contributed by atoms with Crippen LogP contribution < -0.4 is 5.73 Å². The zero-order valence-electron chi connectivity index (χ0n) is 13.1. The number of benzene rings is 2. The van der Waals surface area contributed by atoms with E-state index in [9.17, 15) is 0 Å². The number of likely N-dealkylation sites (N-methyl/N-ethyl adjacent to an activating group) is 1. The Morgan fingerprint density at radius 3 is 1.76 bits per heavy atom. The van der Waals surface area contributed by atoms with E-state index >= 15 is 0 Å². The second-order valence-corrected chi connectivity index (χ2v) is 5.58. The molecule has 2 N–H and O–H groups in total. The van der Waals surface area contributed by atoms with Crippen molar-refractivity contribution in [1.82, 2.24) is 4.90 Å². The van der Waals surface area contributed by atoms with Gasteiger partial charge < -0.3 is 10.6 Å². The highest BCUT2D eigenvalue weighted by atomic mass is 15.1. The lowest BCUT2D eigenvalue weighted by Crippen LogP contribution is -2.43. The summed E-state index contributed by atoms with van der Waals surface area (Å²) in [5, 5.41) is 0. The van der Waals surface area contributed by atoms with Gasteiger partial charge in [-0.05, 0) is 31.1 Å². The lowest BCUT2D eigenvalue weighted by Gasteiger charge is -2.34. The number of nitrogens with two attached hydrogens (primary N) is 1. The van der Waals surface area contributed by atoms with Crippen molar-refractivity contribution in [2.75, 3.05) is 20.1 Å². The molecule has 0 aliphatic heterocycles. The van der Waals surface area contributed by atoms with E-state index in [1.165, 1.54) is 11.1 Å². The third kappa shape index (κ3) is 3.93. The molecule has 0 aliphatic rings. The number of nitrogens with zero attached hydrogens (tertiary/aromatic N) is 1. The fraction of sp³-hybridized carbons (Fsp3) is 0.368. The maximum absolute atomic E-state index is 6.14. The van der Waals surface area contributed by atoms with Crippen molar-refractivity contribution in [2.45, 2.75) is 25.3 Å². The van der Waals surface area contributed by atoms with Gasteiger partial charge >= 0.3 is 0 Å². The van der Waals surface area contributed by atoms with Crippen LogP contribution in [0.2, 0.25) is 0 Å². The predicted octanol–water partition coefficient (Wildman–Crippen LogP) is 3.49. The minimum atomic E-state index is 0.314. The molecule has 1 atom stereocenters. The van der Waals surface area contributed by atoms with Crippen molar-refractivity contribution < 1.29 is 0 Å². The van der Waals surface area contributed by atoms with Gasteiger partial charge in [-0.3, -0.25) is 0 Å². The first kappa shape index (κ1) is 15.7. The molecule has 2 aromatic rings. The number of rotatable bonds is 7. The Kier molecular flexibility index (Phi) is 5.97. The first-order valence-electron chi connectivity index (χ1n) is 7.78. The minimum absolute atomic E-state index is 0.314. The summed E-state index contributed by atoms with van der Waals surface area (Å²) >= 11 is 0. The Balaban J connectivity index is 2.40. The van der Waals surface area contributed by atoms with Crippen LogP contribution in [0.4, 0.5) is 0 Å². The average molecular weight is 282 g/mol. The summed E-state index contributed by atoms with van der Waals surface area (Å²) < 4.78 is 0. The Bertz CT molecular complexity index is 470. The maximum Gasteiger partial charge on any atom is 0.0324 e. The van der Waals surface area contributed by atoms with Crippen LogP contribution in [0.3, 0.4) is 0 Å². The van der Waals surface area contributed by atoms with Gasteiger partial charge in [0, 0.05) is 18.5 Å². The van der Waals surface area contributed by atoms with E-state index in [-0.39, 0.29) is 0 Å². The fourth-order valence-electron chi connectivity index (χ4n) is 3.05. The third-order valence-electron chi connectivity index (χ3n) is 4.09. The molecule has 0 fully saturated rings. The highest BCUT2D eigenvalue weighted by Gasteiger charge is 2.26. The molecule has 0 saturated carbocycles. The molecule has 0 bridgehead atoms. The van der Waals surface area contributed by atoms with Crippen LogP contribution in [0, 0.1) is 0 Å². The van der Waals surface area contributed by atoms with E-state index < -0.39 is 0 Å². The topological polar surface area (TPSA) is 29.3 Å². The largest absolute Gasteiger partial charge is 0.329 e. The highest BCUT2D eigenvalue weighted by molar-refractivity contribution is 5.34. The summed E-state index contributed by atoms with van der Waals surface area (Å²) in [5.74, 6) is 0.314. The average Bonchev–Trinajstić information content (AvgIpc) is 2.54. The quantitative estimate of drug-likeness (QED) is 0.842. The molecule has 0 aromatic heterocycles. The summed E-state index contributed by atoms with van der Waals surface area (Å²) in [6.07, 6.45) is 1.14. The van der Waals surface area contributed by atoms with Gasteiger partial charge in [-0.15, -0.1) is 0 Å². The normalized spacial score (nSPS) is 12.8. The van der Waals surface area contributed by atoms with Crippen LogP contribution in [0.15, 0.2) is 60.7 Å². The monoisotopic (exact) mass is 282 g/mol. The smallest absolute Gasteiger partial charge is 0.0324 e. The molecule has 0 spiro atoms. The molecule has 0 heterocycles. The van der Waals surface area contributed by atoms with Crippen LogP contribution >= 0.6 is 0 Å². The van der Waals surface area contributed by atoms with Gasteiger partial charge in [0.15, 0.2) is 0 Å². The summed E-state index contributed by atoms with van der Waals surface area (Å²) in [6.45, 7) is 3.94. The molecule has 112 valence electrons. The molecule has 2 rings (SSSR count). The van der Waals surface area contributed by atoms with Crippen LogP contribution in [0.25, 0.3) is 0 Å². The minimum Gasteiger partial charge on any atom is -0.329 e. The summed E-state index contributed by atoms with van der Waals surface area (Å²) in [7, 11) is 2.18. The second kappa shape index (κ2) is 7.96. The molecule has 0 saturated heterocycles. The van der Waals surface area contributed by atoms with Crippen molar-refractivity contribution in [3.05, 3.63) is 71.8 Å². The summed E-state index contributed by atoms with van der Waals surface area (Å²) in [5.41, 5.74) is 8.81. The Hall–Kier alpha value is -1.64. The first-order valence-corrected chi connectivity index (χ1v) is 7.78. The summed E-state index contributed by atoms with van der Waals surface area (Å²) in [6, 6.07) is 21.7. The molecular formula is C19H26N2. The SMILES string of the molecule is CCCN(C)C(CN)C(c1ccccc1)c1ccccc1. The van der Waals surface area contributed by atoms with Gasteiger partial charge in [0.1, 0.15) is 0 Å². The zero-order valence-corrected chi connectivity index (χ0v) is 13.1. The van der Waals surface area contributed by atoms with Crippen molar-refractivity contribution in [3.63, 3.8) is 0 Å². The predicted molar refractivity (Wildman–Crippen MR) is 90.5 cm³/mol. The van der Waals surface area contributed by atoms with E-state index in [4.69, 9.17) is 5.73 Å².